The Kier molecular flexibility index (Phi) is 3.19. The quantitative estimate of drug-likeness (QED) is 0.871. The van der Waals surface area contributed by atoms with Crippen molar-refractivity contribution in [3.05, 3.63) is 29.0 Å². The summed E-state index contributed by atoms with van der Waals surface area (Å²) in [7, 11) is 0. The van der Waals surface area contributed by atoms with Gasteiger partial charge in [-0.2, -0.15) is 0 Å². The van der Waals surface area contributed by atoms with E-state index in [1.807, 2.05) is 6.92 Å². The second-order valence-electron chi connectivity index (χ2n) is 3.61. The molecule has 0 radical (unpaired) electrons. The lowest BCUT2D eigenvalue weighted by molar-refractivity contribution is -0.120. The van der Waals surface area contributed by atoms with Gasteiger partial charge in [0.05, 0.1) is 5.02 Å². The lowest BCUT2D eigenvalue weighted by Crippen LogP contribution is -2.29. The molecule has 1 aromatic heterocycles. The lowest BCUT2D eigenvalue weighted by atomic mass is 10.2. The predicted octanol–water partition coefficient (Wildman–Crippen LogP) is 1.78. The molecule has 2 rings (SSSR count). The molecule has 1 N–H and O–H groups in total. The molecule has 0 fully saturated rings. The number of hydrogen-bond acceptors (Lipinski definition) is 3. The third-order valence-electron chi connectivity index (χ3n) is 2.37. The van der Waals surface area contributed by atoms with Gasteiger partial charge in [-0.05, 0) is 18.6 Å². The summed E-state index contributed by atoms with van der Waals surface area (Å²) in [5, 5.41) is 3.21. The first kappa shape index (κ1) is 11.1. The third kappa shape index (κ3) is 2.07. The smallest absolute Gasteiger partial charge is 0.250 e. The number of amides is 1. The van der Waals surface area contributed by atoms with Crippen LogP contribution in [0.3, 0.4) is 0 Å². The monoisotopic (exact) mass is 237 g/mol. The van der Waals surface area contributed by atoms with Crippen molar-refractivity contribution in [2.75, 3.05) is 0 Å². The fourth-order valence-electron chi connectivity index (χ4n) is 1.60. The molecule has 0 aromatic carbocycles. The van der Waals surface area contributed by atoms with Gasteiger partial charge in [-0.25, -0.2) is 0 Å². The number of carbonyl (C=O) groups is 1. The highest BCUT2D eigenvalue weighted by Gasteiger charge is 2.27. The molecule has 1 unspecified atom stereocenters. The molecular formula is C11H12ClN3O. The summed E-state index contributed by atoms with van der Waals surface area (Å²) in [6, 6.07) is 3.18. The number of nitrogens with one attached hydrogen (secondary N) is 1. The summed E-state index contributed by atoms with van der Waals surface area (Å²) in [6.07, 6.45) is 3.30. The predicted molar refractivity (Wildman–Crippen MR) is 62.6 cm³/mol. The van der Waals surface area contributed by atoms with Crippen LogP contribution in [0.1, 0.15) is 25.5 Å². The van der Waals surface area contributed by atoms with Crippen LogP contribution in [-0.4, -0.2) is 22.8 Å². The van der Waals surface area contributed by atoms with Crippen molar-refractivity contribution in [2.45, 2.75) is 25.8 Å². The van der Waals surface area contributed by atoms with E-state index in [-0.39, 0.29) is 11.9 Å². The Bertz CT molecular complexity index is 445. The van der Waals surface area contributed by atoms with Crippen LogP contribution in [0, 0.1) is 0 Å². The van der Waals surface area contributed by atoms with Gasteiger partial charge in [0.2, 0.25) is 5.91 Å². The van der Waals surface area contributed by atoms with Crippen LogP contribution >= 0.6 is 11.6 Å². The molecule has 1 aliphatic heterocycles. The van der Waals surface area contributed by atoms with Gasteiger partial charge in [0.15, 0.2) is 5.84 Å². The van der Waals surface area contributed by atoms with Gasteiger partial charge in [-0.3, -0.25) is 14.8 Å². The summed E-state index contributed by atoms with van der Waals surface area (Å²) >= 11 is 5.98. The van der Waals surface area contributed by atoms with Gasteiger partial charge in [0.1, 0.15) is 11.7 Å². The number of aromatic nitrogens is 1. The summed E-state index contributed by atoms with van der Waals surface area (Å²) in [4.78, 5) is 20.0. The number of carbonyl (C=O) groups excluding carboxylic acids is 1. The highest BCUT2D eigenvalue weighted by atomic mass is 35.5. The van der Waals surface area contributed by atoms with E-state index in [4.69, 9.17) is 11.6 Å². The van der Waals surface area contributed by atoms with Gasteiger partial charge in [-0.15, -0.1) is 0 Å². The first-order valence-corrected chi connectivity index (χ1v) is 5.59. The van der Waals surface area contributed by atoms with E-state index in [2.05, 4.69) is 15.3 Å². The lowest BCUT2D eigenvalue weighted by Gasteiger charge is -2.01. The minimum atomic E-state index is -0.293. The zero-order valence-corrected chi connectivity index (χ0v) is 9.66. The first-order valence-electron chi connectivity index (χ1n) is 5.22. The standard InChI is InChI=1S/C11H12ClN3O/c1-2-4-8-11(16)15-10(14-8)9-7(12)5-3-6-13-9/h3,5-6,8H,2,4H2,1H3,(H,14,15,16). The Morgan fingerprint density at radius 1 is 1.56 bits per heavy atom. The third-order valence-corrected chi connectivity index (χ3v) is 2.68. The van der Waals surface area contributed by atoms with Crippen LogP contribution in [0.5, 0.6) is 0 Å². The fourth-order valence-corrected chi connectivity index (χ4v) is 1.81. The van der Waals surface area contributed by atoms with E-state index in [1.165, 1.54) is 0 Å². The molecule has 0 saturated heterocycles. The molecule has 1 amide bonds. The van der Waals surface area contributed by atoms with Crippen molar-refractivity contribution in [3.8, 4) is 0 Å². The van der Waals surface area contributed by atoms with Crippen molar-refractivity contribution < 1.29 is 4.79 Å². The van der Waals surface area contributed by atoms with E-state index in [1.54, 1.807) is 18.3 Å². The zero-order valence-electron chi connectivity index (χ0n) is 8.90. The molecule has 84 valence electrons. The number of amidine groups is 1. The van der Waals surface area contributed by atoms with Crippen LogP contribution in [0.25, 0.3) is 0 Å². The van der Waals surface area contributed by atoms with E-state index in [0.717, 1.165) is 12.8 Å². The summed E-state index contributed by atoms with van der Waals surface area (Å²) < 4.78 is 0. The van der Waals surface area contributed by atoms with Crippen molar-refractivity contribution >= 4 is 23.3 Å². The average molecular weight is 238 g/mol. The maximum Gasteiger partial charge on any atom is 0.250 e. The molecule has 4 nitrogen and oxygen atoms in total. The molecule has 0 bridgehead atoms. The number of pyridine rings is 1. The minimum absolute atomic E-state index is 0.0708. The molecule has 1 aromatic rings. The number of rotatable bonds is 3. The van der Waals surface area contributed by atoms with E-state index in [0.29, 0.717) is 16.6 Å². The maximum absolute atomic E-state index is 11.6. The minimum Gasteiger partial charge on any atom is -0.307 e. The van der Waals surface area contributed by atoms with Crippen molar-refractivity contribution in [1.82, 2.24) is 10.3 Å². The Labute approximate surface area is 98.7 Å². The van der Waals surface area contributed by atoms with Crippen LogP contribution < -0.4 is 5.32 Å². The van der Waals surface area contributed by atoms with Crippen LogP contribution in [0.4, 0.5) is 0 Å². The molecule has 0 saturated carbocycles. The second kappa shape index (κ2) is 4.61. The molecule has 0 aliphatic carbocycles. The molecule has 1 aliphatic rings. The van der Waals surface area contributed by atoms with Gasteiger partial charge >= 0.3 is 0 Å². The summed E-state index contributed by atoms with van der Waals surface area (Å²) in [5.74, 6) is 0.410. The Hall–Kier alpha value is -1.42. The van der Waals surface area contributed by atoms with Crippen molar-refractivity contribution in [2.24, 2.45) is 4.99 Å². The van der Waals surface area contributed by atoms with Crippen molar-refractivity contribution in [1.29, 1.82) is 0 Å². The maximum atomic E-state index is 11.6. The molecular weight excluding hydrogens is 226 g/mol. The number of aliphatic imine (C=N–C) groups is 1. The Morgan fingerprint density at radius 2 is 2.38 bits per heavy atom. The highest BCUT2D eigenvalue weighted by Crippen LogP contribution is 2.17. The van der Waals surface area contributed by atoms with E-state index in [9.17, 15) is 4.79 Å². The highest BCUT2D eigenvalue weighted by molar-refractivity contribution is 6.34. The van der Waals surface area contributed by atoms with Crippen molar-refractivity contribution in [3.63, 3.8) is 0 Å². The zero-order chi connectivity index (χ0) is 11.5. The number of nitrogens with zero attached hydrogens (tertiary/aromatic N) is 2. The van der Waals surface area contributed by atoms with Crippen LogP contribution in [-0.2, 0) is 4.79 Å². The SMILES string of the molecule is CCCC1N=C(c2ncccc2Cl)NC1=O. The Morgan fingerprint density at radius 3 is 3.06 bits per heavy atom. The number of hydrogen-bond donors (Lipinski definition) is 1. The largest absolute Gasteiger partial charge is 0.307 e. The average Bonchev–Trinajstić information content (AvgIpc) is 2.61. The Balaban J connectivity index is 2.27. The van der Waals surface area contributed by atoms with E-state index >= 15 is 0 Å². The van der Waals surface area contributed by atoms with E-state index < -0.39 is 0 Å². The van der Waals surface area contributed by atoms with Crippen LogP contribution in [0.2, 0.25) is 5.02 Å². The van der Waals surface area contributed by atoms with Crippen LogP contribution in [0.15, 0.2) is 23.3 Å². The molecule has 0 spiro atoms. The first-order chi connectivity index (χ1) is 7.72. The normalized spacial score (nSPS) is 19.5. The molecule has 1 atom stereocenters. The van der Waals surface area contributed by atoms with Gasteiger partial charge in [0, 0.05) is 6.20 Å². The molecule has 16 heavy (non-hydrogen) atoms. The van der Waals surface area contributed by atoms with Gasteiger partial charge in [0.25, 0.3) is 0 Å². The second-order valence-corrected chi connectivity index (χ2v) is 4.01. The topological polar surface area (TPSA) is 54.4 Å². The molecule has 2 heterocycles. The number of halogens is 1. The van der Waals surface area contributed by atoms with Gasteiger partial charge < -0.3 is 5.32 Å². The van der Waals surface area contributed by atoms with Gasteiger partial charge in [-0.1, -0.05) is 24.9 Å². The fraction of sp³-hybridized carbons (Fsp3) is 0.364. The molecule has 5 heteroatoms. The summed E-state index contributed by atoms with van der Waals surface area (Å²) in [6.45, 7) is 2.02. The summed E-state index contributed by atoms with van der Waals surface area (Å²) in [5.41, 5.74) is 0.538.